The summed E-state index contributed by atoms with van der Waals surface area (Å²) in [6, 6.07) is 24.4. The van der Waals surface area contributed by atoms with Crippen LogP contribution in [0.15, 0.2) is 83.8 Å². The number of piperidine rings is 1. The number of aliphatic hydroxyl groups is 1. The second kappa shape index (κ2) is 14.4. The first-order chi connectivity index (χ1) is 23.0. The van der Waals surface area contributed by atoms with E-state index in [1.807, 2.05) is 67.8 Å². The van der Waals surface area contributed by atoms with Gasteiger partial charge in [0, 0.05) is 43.7 Å². The van der Waals surface area contributed by atoms with E-state index < -0.39 is 28.2 Å². The molecule has 9 heteroatoms. The Hall–Kier alpha value is -3.79. The van der Waals surface area contributed by atoms with Crippen molar-refractivity contribution in [3.8, 4) is 22.4 Å². The fourth-order valence-electron chi connectivity index (χ4n) is 7.32. The summed E-state index contributed by atoms with van der Waals surface area (Å²) in [6.45, 7) is 7.18. The minimum atomic E-state index is -3.99. The van der Waals surface area contributed by atoms with Gasteiger partial charge in [-0.05, 0) is 79.0 Å². The van der Waals surface area contributed by atoms with Crippen LogP contribution >= 0.6 is 0 Å². The summed E-state index contributed by atoms with van der Waals surface area (Å²) in [5.41, 5.74) is 5.71. The smallest absolute Gasteiger partial charge is 0.308 e. The van der Waals surface area contributed by atoms with Crippen LogP contribution in [0.2, 0.25) is 0 Å². The number of benzene rings is 3. The van der Waals surface area contributed by atoms with Gasteiger partial charge in [0.25, 0.3) is 0 Å². The zero-order chi connectivity index (χ0) is 34.0. The molecule has 1 N–H and O–H groups in total. The van der Waals surface area contributed by atoms with E-state index in [9.17, 15) is 14.3 Å². The van der Waals surface area contributed by atoms with Crippen molar-refractivity contribution in [1.82, 2.24) is 8.87 Å². The number of nitrogens with zero attached hydrogens (tertiary/aromatic N) is 2. The molecule has 7 nitrogen and oxygen atoms in total. The largest absolute Gasteiger partial charge is 0.462 e. The second-order valence-electron chi connectivity index (χ2n) is 13.6. The number of carbonyl (C=O) groups excluding carboxylic acids is 1. The highest BCUT2D eigenvalue weighted by Crippen LogP contribution is 2.46. The molecular weight excluding hydrogens is 628 g/mol. The van der Waals surface area contributed by atoms with Crippen LogP contribution in [0, 0.1) is 18.7 Å². The fraction of sp³-hybridized carbons (Fsp3) is 0.410. The summed E-state index contributed by atoms with van der Waals surface area (Å²) in [5.74, 6) is -0.614. The lowest BCUT2D eigenvalue weighted by Gasteiger charge is -2.32. The second-order valence-corrected chi connectivity index (χ2v) is 15.5. The molecule has 3 heterocycles. The van der Waals surface area contributed by atoms with Crippen molar-refractivity contribution in [2.24, 2.45) is 5.92 Å². The number of sulfonamides is 1. The number of carbonyl (C=O) groups is 1. The Morgan fingerprint density at radius 1 is 0.938 bits per heavy atom. The van der Waals surface area contributed by atoms with Crippen LogP contribution in [0.25, 0.3) is 22.4 Å². The molecule has 2 aliphatic heterocycles. The third-order valence-corrected chi connectivity index (χ3v) is 11.7. The van der Waals surface area contributed by atoms with Crippen LogP contribution in [0.5, 0.6) is 0 Å². The fourth-order valence-corrected chi connectivity index (χ4v) is 9.35. The molecule has 2 aliphatic rings. The Labute approximate surface area is 283 Å². The summed E-state index contributed by atoms with van der Waals surface area (Å²) in [7, 11) is -3.99. The highest BCUT2D eigenvalue weighted by Gasteiger charge is 2.39. The minimum Gasteiger partial charge on any atom is -0.462 e. The molecule has 48 heavy (non-hydrogen) atoms. The van der Waals surface area contributed by atoms with Gasteiger partial charge in [-0.25, -0.2) is 12.8 Å². The third kappa shape index (κ3) is 7.28. The van der Waals surface area contributed by atoms with E-state index in [-0.39, 0.29) is 23.1 Å². The summed E-state index contributed by atoms with van der Waals surface area (Å²) in [5, 5.41) is 10.3. The molecule has 2 atom stereocenters. The molecule has 3 aromatic carbocycles. The first-order valence-electron chi connectivity index (χ1n) is 17.0. The van der Waals surface area contributed by atoms with Crippen LogP contribution in [-0.2, 0) is 32.5 Å². The number of esters is 1. The molecule has 0 spiro atoms. The molecule has 1 aromatic heterocycles. The van der Waals surface area contributed by atoms with Crippen LogP contribution in [-0.4, -0.2) is 53.7 Å². The lowest BCUT2D eigenvalue weighted by molar-refractivity contribution is -0.160. The van der Waals surface area contributed by atoms with Crippen molar-refractivity contribution in [3.63, 3.8) is 0 Å². The van der Waals surface area contributed by atoms with Crippen LogP contribution in [0.3, 0.4) is 0 Å². The molecule has 0 unspecified atom stereocenters. The van der Waals surface area contributed by atoms with E-state index in [0.717, 1.165) is 30.4 Å². The molecule has 0 amide bonds. The summed E-state index contributed by atoms with van der Waals surface area (Å²) in [6.07, 6.45) is 1.87. The predicted molar refractivity (Wildman–Crippen MR) is 185 cm³/mol. The Morgan fingerprint density at radius 3 is 2.21 bits per heavy atom. The molecule has 0 radical (unpaired) electrons. The quantitative estimate of drug-likeness (QED) is 0.176. The van der Waals surface area contributed by atoms with Gasteiger partial charge in [0.05, 0.1) is 18.2 Å². The highest BCUT2D eigenvalue weighted by molar-refractivity contribution is 7.89. The predicted octanol–water partition coefficient (Wildman–Crippen LogP) is 7.49. The standard InChI is InChI=1S/C39H45FN2O5S/c1-26(2)37-39(48(45,46)41-20-17-29(18-21-41)23-28-7-5-4-6-8-28)36(30-11-9-27(3)10-12-30)38(31-13-15-32(40)16-14-31)42(37)22-19-34-24-33(43)25-35(44)47-34/h4-16,26,29,33-34,43H,17-25H2,1-3H3/t33-,34-/m1/s1. The van der Waals surface area contributed by atoms with Crippen molar-refractivity contribution >= 4 is 16.0 Å². The first kappa shape index (κ1) is 34.1. The van der Waals surface area contributed by atoms with Crippen molar-refractivity contribution < 1.29 is 27.4 Å². The van der Waals surface area contributed by atoms with Gasteiger partial charge < -0.3 is 14.4 Å². The molecule has 4 aromatic rings. The van der Waals surface area contributed by atoms with E-state index in [1.54, 1.807) is 16.4 Å². The van der Waals surface area contributed by atoms with Gasteiger partial charge >= 0.3 is 5.97 Å². The summed E-state index contributed by atoms with van der Waals surface area (Å²) < 4.78 is 53.6. The normalized spacial score (nSPS) is 19.5. The van der Waals surface area contributed by atoms with E-state index in [4.69, 9.17) is 4.74 Å². The summed E-state index contributed by atoms with van der Waals surface area (Å²) in [4.78, 5) is 12.5. The number of halogens is 1. The van der Waals surface area contributed by atoms with Gasteiger partial charge in [0.2, 0.25) is 10.0 Å². The molecule has 0 saturated carbocycles. The first-order valence-corrected chi connectivity index (χ1v) is 18.5. The molecule has 254 valence electrons. The number of aliphatic hydroxyl groups excluding tert-OH is 1. The average molecular weight is 673 g/mol. The van der Waals surface area contributed by atoms with Gasteiger partial charge in [0.15, 0.2) is 0 Å². The SMILES string of the molecule is Cc1ccc(-c2c(S(=O)(=O)N3CCC(Cc4ccccc4)CC3)c(C(C)C)n(CC[C@@H]3C[C@@H](O)CC(=O)O3)c2-c2ccc(F)cc2)cc1. The number of aryl methyl sites for hydroxylation is 1. The Kier molecular flexibility index (Phi) is 10.2. The molecular formula is C39H45FN2O5S. The third-order valence-electron chi connectivity index (χ3n) is 9.71. The topological polar surface area (TPSA) is 88.8 Å². The van der Waals surface area contributed by atoms with E-state index >= 15 is 8.42 Å². The minimum absolute atomic E-state index is 0.0277. The maximum atomic E-state index is 15.0. The summed E-state index contributed by atoms with van der Waals surface area (Å²) >= 11 is 0. The number of aromatic nitrogens is 1. The molecule has 2 fully saturated rings. The Bertz CT molecular complexity index is 1830. The number of hydrogen-bond acceptors (Lipinski definition) is 5. The lowest BCUT2D eigenvalue weighted by atomic mass is 9.91. The van der Waals surface area contributed by atoms with Crippen LogP contribution in [0.4, 0.5) is 4.39 Å². The zero-order valence-corrected chi connectivity index (χ0v) is 28.8. The molecule has 0 aliphatic carbocycles. The van der Waals surface area contributed by atoms with E-state index in [2.05, 4.69) is 12.1 Å². The van der Waals surface area contributed by atoms with Crippen LogP contribution in [0.1, 0.15) is 68.7 Å². The Morgan fingerprint density at radius 2 is 1.58 bits per heavy atom. The Balaban J connectivity index is 1.47. The number of rotatable bonds is 10. The van der Waals surface area contributed by atoms with Gasteiger partial charge in [0.1, 0.15) is 16.8 Å². The van der Waals surface area contributed by atoms with E-state index in [1.165, 1.54) is 17.7 Å². The lowest BCUT2D eigenvalue weighted by Crippen LogP contribution is -2.39. The van der Waals surface area contributed by atoms with Gasteiger partial charge in [-0.3, -0.25) is 4.79 Å². The number of ether oxygens (including phenoxy) is 1. The van der Waals surface area contributed by atoms with Crippen molar-refractivity contribution in [2.75, 3.05) is 13.1 Å². The van der Waals surface area contributed by atoms with E-state index in [0.29, 0.717) is 60.9 Å². The monoisotopic (exact) mass is 672 g/mol. The molecule has 6 rings (SSSR count). The number of cyclic esters (lactones) is 1. The van der Waals surface area contributed by atoms with Gasteiger partial charge in [-0.1, -0.05) is 74.0 Å². The van der Waals surface area contributed by atoms with Crippen molar-refractivity contribution in [2.45, 2.75) is 88.9 Å². The highest BCUT2D eigenvalue weighted by atomic mass is 32.2. The van der Waals surface area contributed by atoms with Crippen molar-refractivity contribution in [3.05, 3.63) is 102 Å². The number of hydrogen-bond donors (Lipinski definition) is 1. The average Bonchev–Trinajstić information content (AvgIpc) is 3.41. The van der Waals surface area contributed by atoms with Gasteiger partial charge in [-0.15, -0.1) is 0 Å². The maximum absolute atomic E-state index is 15.0. The zero-order valence-electron chi connectivity index (χ0n) is 27.9. The van der Waals surface area contributed by atoms with Crippen LogP contribution < -0.4 is 0 Å². The van der Waals surface area contributed by atoms with Crippen molar-refractivity contribution in [1.29, 1.82) is 0 Å². The maximum Gasteiger partial charge on any atom is 0.308 e. The molecule has 2 saturated heterocycles. The van der Waals surface area contributed by atoms with Gasteiger partial charge in [-0.2, -0.15) is 4.31 Å². The molecule has 0 bridgehead atoms.